The zero-order chi connectivity index (χ0) is 10.6. The molecule has 1 heterocycles. The summed E-state index contributed by atoms with van der Waals surface area (Å²) in [5, 5.41) is 0. The minimum absolute atomic E-state index is 0.327. The molecule has 0 aliphatic carbocycles. The molecule has 0 spiro atoms. The van der Waals surface area contributed by atoms with Gasteiger partial charge < -0.3 is 10.5 Å². The summed E-state index contributed by atoms with van der Waals surface area (Å²) < 4.78 is 5.58. The van der Waals surface area contributed by atoms with Crippen LogP contribution in [0.1, 0.15) is 33.6 Å². The van der Waals surface area contributed by atoms with Crippen molar-refractivity contribution in [3.8, 4) is 0 Å². The molecule has 0 saturated carbocycles. The van der Waals surface area contributed by atoms with E-state index in [4.69, 9.17) is 10.5 Å². The van der Waals surface area contributed by atoms with Crippen LogP contribution in [0.5, 0.6) is 0 Å². The molecule has 1 saturated heterocycles. The molecular weight excluding hydrogens is 176 g/mol. The van der Waals surface area contributed by atoms with Crippen LogP contribution in [-0.4, -0.2) is 42.8 Å². The highest BCUT2D eigenvalue weighted by molar-refractivity contribution is 4.78. The lowest BCUT2D eigenvalue weighted by atomic mass is 10.1. The first-order valence-electron chi connectivity index (χ1n) is 5.74. The molecule has 0 amide bonds. The minimum Gasteiger partial charge on any atom is -0.376 e. The van der Waals surface area contributed by atoms with Crippen molar-refractivity contribution in [2.24, 2.45) is 5.73 Å². The van der Waals surface area contributed by atoms with E-state index in [0.29, 0.717) is 18.2 Å². The van der Waals surface area contributed by atoms with Crippen LogP contribution in [0.3, 0.4) is 0 Å². The molecular formula is C11H24N2O. The molecule has 2 N–H and O–H groups in total. The number of hydrogen-bond donors (Lipinski definition) is 1. The monoisotopic (exact) mass is 200 g/mol. The number of rotatable bonds is 4. The van der Waals surface area contributed by atoms with Gasteiger partial charge in [0.15, 0.2) is 0 Å². The van der Waals surface area contributed by atoms with Crippen molar-refractivity contribution >= 4 is 0 Å². The number of ether oxygens (including phenoxy) is 1. The number of nitrogens with zero attached hydrogens (tertiary/aromatic N) is 1. The standard InChI is InChI=1S/C11H24N2O/c1-4-5-11(12)7-13-6-10(3)14-8-9(13)2/h9-11H,4-8,12H2,1-3H3. The summed E-state index contributed by atoms with van der Waals surface area (Å²) in [6.07, 6.45) is 2.66. The lowest BCUT2D eigenvalue weighted by molar-refractivity contribution is -0.0511. The van der Waals surface area contributed by atoms with E-state index >= 15 is 0 Å². The number of morpholine rings is 1. The van der Waals surface area contributed by atoms with Gasteiger partial charge in [-0.1, -0.05) is 13.3 Å². The predicted molar refractivity (Wildman–Crippen MR) is 59.3 cm³/mol. The van der Waals surface area contributed by atoms with Crippen LogP contribution in [0.15, 0.2) is 0 Å². The number of hydrogen-bond acceptors (Lipinski definition) is 3. The van der Waals surface area contributed by atoms with Gasteiger partial charge in [0, 0.05) is 25.2 Å². The third-order valence-electron chi connectivity index (χ3n) is 2.87. The normalized spacial score (nSPS) is 31.7. The molecule has 0 bridgehead atoms. The largest absolute Gasteiger partial charge is 0.376 e. The van der Waals surface area contributed by atoms with Gasteiger partial charge in [0.1, 0.15) is 0 Å². The molecule has 0 aromatic rings. The predicted octanol–water partition coefficient (Wildman–Crippen LogP) is 1.22. The first kappa shape index (κ1) is 12.0. The zero-order valence-corrected chi connectivity index (χ0v) is 9.70. The summed E-state index contributed by atoms with van der Waals surface area (Å²) in [6.45, 7) is 9.42. The van der Waals surface area contributed by atoms with E-state index in [1.54, 1.807) is 0 Å². The highest BCUT2D eigenvalue weighted by Gasteiger charge is 2.24. The average molecular weight is 200 g/mol. The zero-order valence-electron chi connectivity index (χ0n) is 9.70. The summed E-state index contributed by atoms with van der Waals surface area (Å²) in [6, 6.07) is 0.849. The van der Waals surface area contributed by atoms with Gasteiger partial charge >= 0.3 is 0 Å². The minimum atomic E-state index is 0.327. The van der Waals surface area contributed by atoms with Crippen molar-refractivity contribution in [2.45, 2.75) is 51.8 Å². The second-order valence-corrected chi connectivity index (χ2v) is 4.50. The van der Waals surface area contributed by atoms with Gasteiger partial charge in [0.25, 0.3) is 0 Å². The lowest BCUT2D eigenvalue weighted by Gasteiger charge is -2.38. The smallest absolute Gasteiger partial charge is 0.0674 e. The molecule has 0 aromatic heterocycles. The maximum absolute atomic E-state index is 6.04. The first-order chi connectivity index (χ1) is 6.63. The van der Waals surface area contributed by atoms with Crippen molar-refractivity contribution in [1.29, 1.82) is 0 Å². The van der Waals surface area contributed by atoms with E-state index in [2.05, 4.69) is 25.7 Å². The third-order valence-corrected chi connectivity index (χ3v) is 2.87. The van der Waals surface area contributed by atoms with Crippen LogP contribution in [0.2, 0.25) is 0 Å². The van der Waals surface area contributed by atoms with Crippen LogP contribution in [-0.2, 0) is 4.74 Å². The molecule has 3 heteroatoms. The Morgan fingerprint density at radius 3 is 2.86 bits per heavy atom. The van der Waals surface area contributed by atoms with Gasteiger partial charge in [0.05, 0.1) is 12.7 Å². The summed E-state index contributed by atoms with van der Waals surface area (Å²) in [7, 11) is 0. The first-order valence-corrected chi connectivity index (χ1v) is 5.74. The number of nitrogens with two attached hydrogens (primary N) is 1. The second kappa shape index (κ2) is 5.69. The van der Waals surface area contributed by atoms with E-state index in [9.17, 15) is 0 Å². The Balaban J connectivity index is 2.33. The fraction of sp³-hybridized carbons (Fsp3) is 1.00. The molecule has 0 aromatic carbocycles. The van der Waals surface area contributed by atoms with E-state index in [0.717, 1.165) is 26.1 Å². The third kappa shape index (κ3) is 3.56. The maximum Gasteiger partial charge on any atom is 0.0674 e. The molecule has 3 nitrogen and oxygen atoms in total. The van der Waals surface area contributed by atoms with Gasteiger partial charge in [-0.05, 0) is 20.3 Å². The van der Waals surface area contributed by atoms with Crippen molar-refractivity contribution < 1.29 is 4.74 Å². The van der Waals surface area contributed by atoms with E-state index in [1.807, 2.05) is 0 Å². The van der Waals surface area contributed by atoms with E-state index in [-0.39, 0.29) is 0 Å². The quantitative estimate of drug-likeness (QED) is 0.741. The molecule has 1 rings (SSSR count). The molecule has 1 aliphatic heterocycles. The maximum atomic E-state index is 6.04. The molecule has 0 radical (unpaired) electrons. The second-order valence-electron chi connectivity index (χ2n) is 4.50. The Hall–Kier alpha value is -0.120. The van der Waals surface area contributed by atoms with Crippen LogP contribution >= 0.6 is 0 Å². The van der Waals surface area contributed by atoms with Crippen LogP contribution < -0.4 is 5.73 Å². The molecule has 3 unspecified atom stereocenters. The Bertz CT molecular complexity index is 163. The average Bonchev–Trinajstić information content (AvgIpc) is 2.12. The molecule has 3 atom stereocenters. The lowest BCUT2D eigenvalue weighted by Crippen LogP contribution is -2.51. The topological polar surface area (TPSA) is 38.5 Å². The summed E-state index contributed by atoms with van der Waals surface area (Å²) in [4.78, 5) is 2.45. The van der Waals surface area contributed by atoms with E-state index < -0.39 is 0 Å². The van der Waals surface area contributed by atoms with Crippen molar-refractivity contribution in [2.75, 3.05) is 19.7 Å². The van der Waals surface area contributed by atoms with Gasteiger partial charge in [-0.2, -0.15) is 0 Å². The van der Waals surface area contributed by atoms with Gasteiger partial charge in [-0.15, -0.1) is 0 Å². The summed E-state index contributed by atoms with van der Waals surface area (Å²) >= 11 is 0. The molecule has 14 heavy (non-hydrogen) atoms. The summed E-state index contributed by atoms with van der Waals surface area (Å²) in [5.74, 6) is 0. The van der Waals surface area contributed by atoms with Crippen LogP contribution in [0, 0.1) is 0 Å². The fourth-order valence-electron chi connectivity index (χ4n) is 1.99. The van der Waals surface area contributed by atoms with Gasteiger partial charge in [-0.3, -0.25) is 4.90 Å². The molecule has 1 fully saturated rings. The van der Waals surface area contributed by atoms with Crippen molar-refractivity contribution in [3.63, 3.8) is 0 Å². The summed E-state index contributed by atoms with van der Waals surface area (Å²) in [5.41, 5.74) is 6.04. The van der Waals surface area contributed by atoms with Crippen LogP contribution in [0.25, 0.3) is 0 Å². The fourth-order valence-corrected chi connectivity index (χ4v) is 1.99. The Kier molecular flexibility index (Phi) is 4.85. The SMILES string of the molecule is CCCC(N)CN1CC(C)OCC1C. The molecule has 84 valence electrons. The van der Waals surface area contributed by atoms with Crippen LogP contribution in [0.4, 0.5) is 0 Å². The highest BCUT2D eigenvalue weighted by Crippen LogP contribution is 2.12. The Labute approximate surface area is 87.6 Å². The van der Waals surface area contributed by atoms with Crippen molar-refractivity contribution in [1.82, 2.24) is 4.90 Å². The van der Waals surface area contributed by atoms with E-state index in [1.165, 1.54) is 6.42 Å². The van der Waals surface area contributed by atoms with Gasteiger partial charge in [0.2, 0.25) is 0 Å². The highest BCUT2D eigenvalue weighted by atomic mass is 16.5. The van der Waals surface area contributed by atoms with Gasteiger partial charge in [-0.25, -0.2) is 0 Å². The Morgan fingerprint density at radius 1 is 1.50 bits per heavy atom. The molecule has 1 aliphatic rings. The Morgan fingerprint density at radius 2 is 2.21 bits per heavy atom. The van der Waals surface area contributed by atoms with Crippen molar-refractivity contribution in [3.05, 3.63) is 0 Å².